The highest BCUT2D eigenvalue weighted by molar-refractivity contribution is 6.05. The van der Waals surface area contributed by atoms with Gasteiger partial charge >= 0.3 is 0 Å². The van der Waals surface area contributed by atoms with Gasteiger partial charge in [-0.15, -0.1) is 0 Å². The third kappa shape index (κ3) is 1.36. The van der Waals surface area contributed by atoms with Crippen molar-refractivity contribution in [2.45, 2.75) is 58.8 Å². The summed E-state index contributed by atoms with van der Waals surface area (Å²) in [4.78, 5) is 24.3. The molecule has 3 unspecified atom stereocenters. The highest BCUT2D eigenvalue weighted by Gasteiger charge is 2.59. The molecule has 0 amide bonds. The lowest BCUT2D eigenvalue weighted by Gasteiger charge is -2.59. The molecule has 0 aromatic carbocycles. The number of rotatable bonds is 0. The highest BCUT2D eigenvalue weighted by atomic mass is 16.1. The zero-order chi connectivity index (χ0) is 14.1. The molecular formula is C18H24O2. The van der Waals surface area contributed by atoms with Gasteiger partial charge in [0.1, 0.15) is 5.78 Å². The zero-order valence-electron chi connectivity index (χ0n) is 12.6. The van der Waals surface area contributed by atoms with E-state index in [0.29, 0.717) is 29.3 Å². The summed E-state index contributed by atoms with van der Waals surface area (Å²) in [5, 5.41) is 0. The molecule has 5 atom stereocenters. The van der Waals surface area contributed by atoms with Gasteiger partial charge in [0, 0.05) is 12.3 Å². The molecule has 0 aliphatic heterocycles. The number of hydrogen-bond donors (Lipinski definition) is 0. The zero-order valence-corrected chi connectivity index (χ0v) is 12.6. The lowest BCUT2D eigenvalue weighted by Crippen LogP contribution is -2.55. The second kappa shape index (κ2) is 3.84. The van der Waals surface area contributed by atoms with E-state index in [1.165, 1.54) is 12.0 Å². The first-order valence-electron chi connectivity index (χ1n) is 8.26. The molecule has 0 radical (unpaired) electrons. The molecule has 108 valence electrons. The van der Waals surface area contributed by atoms with Crippen LogP contribution in [0.3, 0.4) is 0 Å². The SMILES string of the molecule is C[C@]12CCC3C(CCC4C(=O)CCC[C@]43C)C1=CC2=O. The van der Waals surface area contributed by atoms with E-state index in [-0.39, 0.29) is 10.8 Å². The van der Waals surface area contributed by atoms with Crippen LogP contribution in [-0.4, -0.2) is 11.6 Å². The molecule has 4 rings (SSSR count). The Kier molecular flexibility index (Phi) is 2.45. The Balaban J connectivity index is 1.71. The molecule has 0 aromatic rings. The summed E-state index contributed by atoms with van der Waals surface area (Å²) >= 11 is 0. The average Bonchev–Trinajstić information content (AvgIpc) is 2.41. The Morgan fingerprint density at radius 1 is 1.10 bits per heavy atom. The van der Waals surface area contributed by atoms with Crippen molar-refractivity contribution < 1.29 is 9.59 Å². The monoisotopic (exact) mass is 272 g/mol. The molecule has 2 heteroatoms. The van der Waals surface area contributed by atoms with Gasteiger partial charge in [0.2, 0.25) is 0 Å². The van der Waals surface area contributed by atoms with E-state index < -0.39 is 0 Å². The number of allylic oxidation sites excluding steroid dienone is 2. The van der Waals surface area contributed by atoms with E-state index in [1.54, 1.807) is 0 Å². The van der Waals surface area contributed by atoms with Crippen LogP contribution in [0, 0.1) is 28.6 Å². The van der Waals surface area contributed by atoms with E-state index in [2.05, 4.69) is 13.8 Å². The largest absolute Gasteiger partial charge is 0.299 e. The highest BCUT2D eigenvalue weighted by Crippen LogP contribution is 2.64. The van der Waals surface area contributed by atoms with Crippen molar-refractivity contribution in [3.8, 4) is 0 Å². The van der Waals surface area contributed by atoms with Crippen molar-refractivity contribution in [1.29, 1.82) is 0 Å². The van der Waals surface area contributed by atoms with Crippen molar-refractivity contribution >= 4 is 11.6 Å². The average molecular weight is 272 g/mol. The fourth-order valence-corrected chi connectivity index (χ4v) is 5.96. The standard InChI is InChI=1S/C18H24O2/c1-17-8-3-4-15(19)13(17)6-5-11-12(17)7-9-18(2)14(11)10-16(18)20/h10-13H,3-9H2,1-2H3/t11?,12?,13?,17-,18-/m0/s1. The molecule has 4 aliphatic carbocycles. The van der Waals surface area contributed by atoms with Crippen molar-refractivity contribution in [2.24, 2.45) is 28.6 Å². The van der Waals surface area contributed by atoms with Gasteiger partial charge in [-0.25, -0.2) is 0 Å². The molecular weight excluding hydrogens is 248 g/mol. The quantitative estimate of drug-likeness (QED) is 0.674. The smallest absolute Gasteiger partial charge is 0.165 e. The van der Waals surface area contributed by atoms with Crippen LogP contribution in [0.5, 0.6) is 0 Å². The third-order valence-electron chi connectivity index (χ3n) is 7.24. The number of fused-ring (bicyclic) bond motifs is 5. The molecule has 0 heterocycles. The number of hydrogen-bond acceptors (Lipinski definition) is 2. The molecule has 2 nitrogen and oxygen atoms in total. The maximum atomic E-state index is 12.3. The van der Waals surface area contributed by atoms with Crippen LogP contribution in [0.4, 0.5) is 0 Å². The van der Waals surface area contributed by atoms with Crippen molar-refractivity contribution in [1.82, 2.24) is 0 Å². The molecule has 3 saturated carbocycles. The Hall–Kier alpha value is -0.920. The van der Waals surface area contributed by atoms with Crippen LogP contribution in [-0.2, 0) is 9.59 Å². The number of Topliss-reactive ketones (excluding diaryl/α,β-unsaturated/α-hetero) is 1. The van der Waals surface area contributed by atoms with Gasteiger partial charge in [0.05, 0.1) is 5.41 Å². The molecule has 4 aliphatic rings. The Morgan fingerprint density at radius 3 is 2.65 bits per heavy atom. The maximum Gasteiger partial charge on any atom is 0.165 e. The second-order valence-corrected chi connectivity index (χ2v) is 8.00. The molecule has 20 heavy (non-hydrogen) atoms. The minimum absolute atomic E-state index is 0.136. The first-order valence-corrected chi connectivity index (χ1v) is 8.26. The first kappa shape index (κ1) is 12.8. The molecule has 0 aromatic heterocycles. The van der Waals surface area contributed by atoms with Gasteiger partial charge in [-0.05, 0) is 74.3 Å². The summed E-state index contributed by atoms with van der Waals surface area (Å²) in [6, 6.07) is 0. The maximum absolute atomic E-state index is 12.3. The minimum atomic E-state index is -0.136. The number of carbonyl (C=O) groups is 2. The van der Waals surface area contributed by atoms with Crippen LogP contribution in [0.25, 0.3) is 0 Å². The van der Waals surface area contributed by atoms with E-state index >= 15 is 0 Å². The van der Waals surface area contributed by atoms with E-state index in [0.717, 1.165) is 38.5 Å². The number of carbonyl (C=O) groups excluding carboxylic acids is 2. The molecule has 0 bridgehead atoms. The summed E-state index contributed by atoms with van der Waals surface area (Å²) in [6.45, 7) is 4.51. The Bertz CT molecular complexity index is 532. The van der Waals surface area contributed by atoms with Crippen molar-refractivity contribution in [3.05, 3.63) is 11.6 Å². The molecule has 0 N–H and O–H groups in total. The predicted octanol–water partition coefficient (Wildman–Crippen LogP) is 3.70. The van der Waals surface area contributed by atoms with Gasteiger partial charge in [-0.2, -0.15) is 0 Å². The molecule has 0 saturated heterocycles. The predicted molar refractivity (Wildman–Crippen MR) is 77.1 cm³/mol. The van der Waals surface area contributed by atoms with Crippen molar-refractivity contribution in [2.75, 3.05) is 0 Å². The fourth-order valence-electron chi connectivity index (χ4n) is 5.96. The molecule has 3 fully saturated rings. The van der Waals surface area contributed by atoms with Crippen LogP contribution < -0.4 is 0 Å². The van der Waals surface area contributed by atoms with Crippen LogP contribution in [0.2, 0.25) is 0 Å². The lowest BCUT2D eigenvalue weighted by atomic mass is 9.44. The van der Waals surface area contributed by atoms with Crippen LogP contribution >= 0.6 is 0 Å². The third-order valence-corrected chi connectivity index (χ3v) is 7.24. The Labute approximate surface area is 121 Å². The van der Waals surface area contributed by atoms with E-state index in [1.807, 2.05) is 6.08 Å². The van der Waals surface area contributed by atoms with E-state index in [9.17, 15) is 9.59 Å². The van der Waals surface area contributed by atoms with Gasteiger partial charge < -0.3 is 0 Å². The summed E-state index contributed by atoms with van der Waals surface area (Å²) < 4.78 is 0. The summed E-state index contributed by atoms with van der Waals surface area (Å²) in [5.41, 5.74) is 1.50. The summed E-state index contributed by atoms with van der Waals surface area (Å²) in [7, 11) is 0. The molecule has 0 spiro atoms. The first-order chi connectivity index (χ1) is 9.47. The van der Waals surface area contributed by atoms with Crippen LogP contribution in [0.15, 0.2) is 11.6 Å². The van der Waals surface area contributed by atoms with Gasteiger partial charge in [-0.1, -0.05) is 6.92 Å². The fraction of sp³-hybridized carbons (Fsp3) is 0.778. The van der Waals surface area contributed by atoms with Gasteiger partial charge in [0.15, 0.2) is 5.78 Å². The van der Waals surface area contributed by atoms with Crippen LogP contribution in [0.1, 0.15) is 58.8 Å². The van der Waals surface area contributed by atoms with E-state index in [4.69, 9.17) is 0 Å². The normalized spacial score (nSPS) is 50.5. The van der Waals surface area contributed by atoms with Crippen molar-refractivity contribution in [3.63, 3.8) is 0 Å². The lowest BCUT2D eigenvalue weighted by molar-refractivity contribution is -0.143. The minimum Gasteiger partial charge on any atom is -0.299 e. The number of ketones is 2. The second-order valence-electron chi connectivity index (χ2n) is 8.00. The topological polar surface area (TPSA) is 34.1 Å². The summed E-state index contributed by atoms with van der Waals surface area (Å²) in [6.07, 6.45) is 9.35. The summed E-state index contributed by atoms with van der Waals surface area (Å²) in [5.74, 6) is 2.39. The van der Waals surface area contributed by atoms with Gasteiger partial charge in [-0.3, -0.25) is 9.59 Å². The Morgan fingerprint density at radius 2 is 1.90 bits per heavy atom. The van der Waals surface area contributed by atoms with Gasteiger partial charge in [0.25, 0.3) is 0 Å².